The SMILES string of the molecule is Brc1ccc2c(OCc3ccccc3)nccc2c1. The molecule has 0 aliphatic heterocycles. The second kappa shape index (κ2) is 5.41. The van der Waals surface area contributed by atoms with Crippen LogP contribution >= 0.6 is 15.9 Å². The molecule has 0 atom stereocenters. The molecule has 3 aromatic rings. The van der Waals surface area contributed by atoms with Gasteiger partial charge >= 0.3 is 0 Å². The van der Waals surface area contributed by atoms with Crippen LogP contribution in [-0.4, -0.2) is 4.98 Å². The smallest absolute Gasteiger partial charge is 0.221 e. The largest absolute Gasteiger partial charge is 0.472 e. The van der Waals surface area contributed by atoms with Crippen LogP contribution in [0, 0.1) is 0 Å². The van der Waals surface area contributed by atoms with Gasteiger partial charge in [-0.25, -0.2) is 4.98 Å². The first-order chi connectivity index (χ1) is 9.33. The summed E-state index contributed by atoms with van der Waals surface area (Å²) in [4.78, 5) is 4.31. The third-order valence-corrected chi connectivity index (χ3v) is 3.40. The second-order valence-corrected chi connectivity index (χ2v) is 5.17. The van der Waals surface area contributed by atoms with Crippen molar-refractivity contribution >= 4 is 26.7 Å². The Hall–Kier alpha value is -1.87. The fourth-order valence-electron chi connectivity index (χ4n) is 1.96. The van der Waals surface area contributed by atoms with Gasteiger partial charge in [-0.2, -0.15) is 0 Å². The third kappa shape index (κ3) is 2.76. The van der Waals surface area contributed by atoms with Crippen molar-refractivity contribution in [1.29, 1.82) is 0 Å². The molecular formula is C16H12BrNO. The maximum Gasteiger partial charge on any atom is 0.221 e. The van der Waals surface area contributed by atoms with Crippen molar-refractivity contribution in [2.45, 2.75) is 6.61 Å². The number of hydrogen-bond donors (Lipinski definition) is 0. The number of hydrogen-bond acceptors (Lipinski definition) is 2. The lowest BCUT2D eigenvalue weighted by Crippen LogP contribution is -1.97. The molecule has 0 aliphatic rings. The zero-order chi connectivity index (χ0) is 13.1. The van der Waals surface area contributed by atoms with Crippen LogP contribution in [0.1, 0.15) is 5.56 Å². The minimum atomic E-state index is 0.531. The Morgan fingerprint density at radius 1 is 1.00 bits per heavy atom. The quantitative estimate of drug-likeness (QED) is 0.706. The van der Waals surface area contributed by atoms with Crippen LogP contribution < -0.4 is 4.74 Å². The Morgan fingerprint density at radius 2 is 1.84 bits per heavy atom. The number of halogens is 1. The van der Waals surface area contributed by atoms with Crippen LogP contribution in [-0.2, 0) is 6.61 Å². The minimum Gasteiger partial charge on any atom is -0.472 e. The predicted octanol–water partition coefficient (Wildman–Crippen LogP) is 4.58. The van der Waals surface area contributed by atoms with E-state index >= 15 is 0 Å². The Labute approximate surface area is 120 Å². The van der Waals surface area contributed by atoms with Crippen molar-refractivity contribution in [3.8, 4) is 5.88 Å². The Morgan fingerprint density at radius 3 is 2.68 bits per heavy atom. The van der Waals surface area contributed by atoms with E-state index in [1.54, 1.807) is 6.20 Å². The van der Waals surface area contributed by atoms with Gasteiger partial charge in [0.25, 0.3) is 0 Å². The molecule has 2 aromatic carbocycles. The average molecular weight is 314 g/mol. The highest BCUT2D eigenvalue weighted by Crippen LogP contribution is 2.26. The summed E-state index contributed by atoms with van der Waals surface area (Å²) in [5.74, 6) is 0.675. The van der Waals surface area contributed by atoms with Crippen molar-refractivity contribution in [3.05, 3.63) is 70.8 Å². The minimum absolute atomic E-state index is 0.531. The van der Waals surface area contributed by atoms with E-state index < -0.39 is 0 Å². The first-order valence-electron chi connectivity index (χ1n) is 6.04. The fraction of sp³-hybridized carbons (Fsp3) is 0.0625. The highest BCUT2D eigenvalue weighted by Gasteiger charge is 2.04. The Kier molecular flexibility index (Phi) is 3.47. The summed E-state index contributed by atoms with van der Waals surface area (Å²) in [5.41, 5.74) is 1.14. The summed E-state index contributed by atoms with van der Waals surface area (Å²) in [6, 6.07) is 18.2. The molecule has 0 amide bonds. The molecule has 1 aromatic heterocycles. The van der Waals surface area contributed by atoms with Crippen LogP contribution in [0.15, 0.2) is 65.3 Å². The first-order valence-corrected chi connectivity index (χ1v) is 6.83. The van der Waals surface area contributed by atoms with E-state index in [0.29, 0.717) is 12.5 Å². The van der Waals surface area contributed by atoms with Crippen LogP contribution in [0.2, 0.25) is 0 Å². The van der Waals surface area contributed by atoms with Crippen LogP contribution in [0.4, 0.5) is 0 Å². The molecule has 19 heavy (non-hydrogen) atoms. The van der Waals surface area contributed by atoms with E-state index in [0.717, 1.165) is 20.8 Å². The summed E-state index contributed by atoms with van der Waals surface area (Å²) in [7, 11) is 0. The predicted molar refractivity (Wildman–Crippen MR) is 80.2 cm³/mol. The molecule has 0 spiro atoms. The standard InChI is InChI=1S/C16H12BrNO/c17-14-6-7-15-13(10-14)8-9-18-16(15)19-11-12-4-2-1-3-5-12/h1-10H,11H2. The summed E-state index contributed by atoms with van der Waals surface area (Å²) in [5, 5.41) is 2.15. The third-order valence-electron chi connectivity index (χ3n) is 2.91. The van der Waals surface area contributed by atoms with E-state index in [2.05, 4.69) is 27.0 Å². The number of aromatic nitrogens is 1. The van der Waals surface area contributed by atoms with E-state index in [-0.39, 0.29) is 0 Å². The molecule has 0 saturated carbocycles. The molecule has 0 fully saturated rings. The van der Waals surface area contributed by atoms with Crippen LogP contribution in [0.5, 0.6) is 5.88 Å². The zero-order valence-electron chi connectivity index (χ0n) is 10.2. The average Bonchev–Trinajstić information content (AvgIpc) is 2.45. The molecule has 0 saturated heterocycles. The number of rotatable bonds is 3. The highest BCUT2D eigenvalue weighted by atomic mass is 79.9. The van der Waals surface area contributed by atoms with Crippen LogP contribution in [0.3, 0.4) is 0 Å². The van der Waals surface area contributed by atoms with Crippen molar-refractivity contribution < 1.29 is 4.74 Å². The van der Waals surface area contributed by atoms with Gasteiger partial charge in [0.2, 0.25) is 5.88 Å². The molecule has 0 N–H and O–H groups in total. The summed E-state index contributed by atoms with van der Waals surface area (Å²) in [6.07, 6.45) is 1.77. The maximum absolute atomic E-state index is 5.82. The van der Waals surface area contributed by atoms with Crippen molar-refractivity contribution in [3.63, 3.8) is 0 Å². The van der Waals surface area contributed by atoms with E-state index in [1.807, 2.05) is 48.5 Å². The number of benzene rings is 2. The molecule has 0 unspecified atom stereocenters. The van der Waals surface area contributed by atoms with Crippen molar-refractivity contribution in [2.24, 2.45) is 0 Å². The van der Waals surface area contributed by atoms with Crippen molar-refractivity contribution in [2.75, 3.05) is 0 Å². The van der Waals surface area contributed by atoms with E-state index in [9.17, 15) is 0 Å². The lowest BCUT2D eigenvalue weighted by molar-refractivity contribution is 0.298. The Bertz CT molecular complexity index is 697. The fourth-order valence-corrected chi connectivity index (χ4v) is 2.34. The molecule has 2 nitrogen and oxygen atoms in total. The first kappa shape index (κ1) is 12.2. The van der Waals surface area contributed by atoms with Gasteiger partial charge in [0.05, 0.1) is 0 Å². The Balaban J connectivity index is 1.89. The van der Waals surface area contributed by atoms with E-state index in [4.69, 9.17) is 4.74 Å². The highest BCUT2D eigenvalue weighted by molar-refractivity contribution is 9.10. The molecular weight excluding hydrogens is 302 g/mol. The number of fused-ring (bicyclic) bond motifs is 1. The van der Waals surface area contributed by atoms with Gasteiger partial charge in [0.15, 0.2) is 0 Å². The number of ether oxygens (including phenoxy) is 1. The topological polar surface area (TPSA) is 22.1 Å². The molecule has 94 valence electrons. The molecule has 0 bridgehead atoms. The van der Waals surface area contributed by atoms with Gasteiger partial charge in [-0.3, -0.25) is 0 Å². The number of pyridine rings is 1. The van der Waals surface area contributed by atoms with Crippen LogP contribution in [0.25, 0.3) is 10.8 Å². The maximum atomic E-state index is 5.82. The molecule has 1 heterocycles. The zero-order valence-corrected chi connectivity index (χ0v) is 11.8. The normalized spacial score (nSPS) is 10.6. The van der Waals surface area contributed by atoms with Gasteiger partial charge in [-0.05, 0) is 35.2 Å². The lowest BCUT2D eigenvalue weighted by Gasteiger charge is -2.08. The van der Waals surface area contributed by atoms with Gasteiger partial charge in [-0.15, -0.1) is 0 Å². The van der Waals surface area contributed by atoms with Gasteiger partial charge in [0, 0.05) is 16.1 Å². The second-order valence-electron chi connectivity index (χ2n) is 4.26. The van der Waals surface area contributed by atoms with Crippen molar-refractivity contribution in [1.82, 2.24) is 4.98 Å². The van der Waals surface area contributed by atoms with Gasteiger partial charge in [-0.1, -0.05) is 46.3 Å². The molecule has 0 radical (unpaired) electrons. The van der Waals surface area contributed by atoms with Gasteiger partial charge < -0.3 is 4.74 Å². The molecule has 3 heteroatoms. The van der Waals surface area contributed by atoms with Gasteiger partial charge in [0.1, 0.15) is 6.61 Å². The van der Waals surface area contributed by atoms with E-state index in [1.165, 1.54) is 0 Å². The summed E-state index contributed by atoms with van der Waals surface area (Å²) >= 11 is 3.47. The lowest BCUT2D eigenvalue weighted by atomic mass is 10.2. The number of nitrogens with zero attached hydrogens (tertiary/aromatic N) is 1. The summed E-state index contributed by atoms with van der Waals surface area (Å²) < 4.78 is 6.87. The molecule has 3 rings (SSSR count). The molecule has 0 aliphatic carbocycles. The summed E-state index contributed by atoms with van der Waals surface area (Å²) in [6.45, 7) is 0.531. The monoisotopic (exact) mass is 313 g/mol.